The van der Waals surface area contributed by atoms with E-state index in [0.29, 0.717) is 65.5 Å². The van der Waals surface area contributed by atoms with E-state index in [0.717, 1.165) is 5.56 Å². The van der Waals surface area contributed by atoms with E-state index in [1.54, 1.807) is 18.2 Å². The zero-order valence-corrected chi connectivity index (χ0v) is 19.4. The number of halogens is 2. The van der Waals surface area contributed by atoms with Gasteiger partial charge in [0.1, 0.15) is 0 Å². The first-order valence-corrected chi connectivity index (χ1v) is 11.2. The summed E-state index contributed by atoms with van der Waals surface area (Å²) in [5.74, 6) is 0.169. The highest BCUT2D eigenvalue weighted by Crippen LogP contribution is 2.27. The molecule has 2 heterocycles. The number of esters is 1. The number of anilines is 1. The van der Waals surface area contributed by atoms with Gasteiger partial charge in [0.15, 0.2) is 0 Å². The summed E-state index contributed by atoms with van der Waals surface area (Å²) in [6, 6.07) is 12.0. The normalized spacial score (nSPS) is 14.8. The third-order valence-electron chi connectivity index (χ3n) is 5.55. The first-order chi connectivity index (χ1) is 15.9. The third kappa shape index (κ3) is 5.52. The maximum atomic E-state index is 12.8. The van der Waals surface area contributed by atoms with Crippen LogP contribution in [-0.2, 0) is 16.1 Å². The van der Waals surface area contributed by atoms with Crippen LogP contribution in [0.1, 0.15) is 29.1 Å². The molecule has 1 fully saturated rings. The van der Waals surface area contributed by atoms with Crippen LogP contribution in [0.25, 0.3) is 11.4 Å². The van der Waals surface area contributed by atoms with Crippen LogP contribution in [0.15, 0.2) is 47.0 Å². The topological polar surface area (TPSA) is 97.6 Å². The van der Waals surface area contributed by atoms with Crippen molar-refractivity contribution in [3.8, 4) is 11.4 Å². The molecule has 10 heteroatoms. The average Bonchev–Trinajstić information content (AvgIpc) is 3.28. The summed E-state index contributed by atoms with van der Waals surface area (Å²) in [6.07, 6.45) is 1.34. The second-order valence-corrected chi connectivity index (χ2v) is 8.53. The number of likely N-dealkylation sites (tertiary alicyclic amines) is 1. The summed E-state index contributed by atoms with van der Waals surface area (Å²) < 4.78 is 10.1. The molecule has 0 radical (unpaired) electrons. The summed E-state index contributed by atoms with van der Waals surface area (Å²) >= 11 is 12.4. The lowest BCUT2D eigenvalue weighted by Crippen LogP contribution is -2.37. The van der Waals surface area contributed by atoms with E-state index in [1.807, 2.05) is 18.2 Å². The number of hydrogen-bond acceptors (Lipinski definition) is 7. The number of aromatic nitrogens is 2. The number of benzene rings is 2. The maximum absolute atomic E-state index is 12.8. The molecule has 1 aromatic heterocycles. The van der Waals surface area contributed by atoms with Gasteiger partial charge in [-0.2, -0.15) is 4.98 Å². The number of nitrogens with zero attached hydrogens (tertiary/aromatic N) is 3. The van der Waals surface area contributed by atoms with Crippen LogP contribution in [0.2, 0.25) is 10.0 Å². The van der Waals surface area contributed by atoms with Gasteiger partial charge in [-0.25, -0.2) is 4.79 Å². The van der Waals surface area contributed by atoms with Gasteiger partial charge in [-0.05, 0) is 56.3 Å². The van der Waals surface area contributed by atoms with Gasteiger partial charge < -0.3 is 14.6 Å². The number of rotatable bonds is 6. The van der Waals surface area contributed by atoms with Crippen LogP contribution in [0.5, 0.6) is 0 Å². The summed E-state index contributed by atoms with van der Waals surface area (Å²) in [7, 11) is 1.30. The average molecular weight is 489 g/mol. The molecular formula is C23H22Cl2N4O4. The van der Waals surface area contributed by atoms with Gasteiger partial charge in [0, 0.05) is 11.5 Å². The van der Waals surface area contributed by atoms with Crippen LogP contribution >= 0.6 is 23.2 Å². The number of methoxy groups -OCH3 is 1. The van der Waals surface area contributed by atoms with E-state index in [-0.39, 0.29) is 11.8 Å². The molecule has 172 valence electrons. The monoisotopic (exact) mass is 488 g/mol. The molecule has 8 nitrogen and oxygen atoms in total. The smallest absolute Gasteiger partial charge is 0.337 e. The quantitative estimate of drug-likeness (QED) is 0.502. The van der Waals surface area contributed by atoms with Gasteiger partial charge in [-0.3, -0.25) is 9.69 Å². The Labute approximate surface area is 200 Å². The SMILES string of the molecule is COC(=O)c1ccc(Cl)c(NC(=O)C2CCN(Cc3nc(-c4ccccc4Cl)no3)CC2)c1. The minimum absolute atomic E-state index is 0.127. The Morgan fingerprint density at radius 1 is 1.15 bits per heavy atom. The zero-order valence-electron chi connectivity index (χ0n) is 17.9. The molecule has 2 aromatic carbocycles. The summed E-state index contributed by atoms with van der Waals surface area (Å²) in [5, 5.41) is 7.79. The van der Waals surface area contributed by atoms with E-state index < -0.39 is 5.97 Å². The van der Waals surface area contributed by atoms with Crippen molar-refractivity contribution < 1.29 is 18.8 Å². The predicted octanol–water partition coefficient (Wildman–Crippen LogP) is 4.68. The lowest BCUT2D eigenvalue weighted by Gasteiger charge is -2.30. The number of carbonyl (C=O) groups is 2. The fraction of sp³-hybridized carbons (Fsp3) is 0.304. The van der Waals surface area contributed by atoms with Crippen molar-refractivity contribution in [1.29, 1.82) is 0 Å². The molecule has 4 rings (SSSR count). The third-order valence-corrected chi connectivity index (χ3v) is 6.20. The Morgan fingerprint density at radius 2 is 1.91 bits per heavy atom. The van der Waals surface area contributed by atoms with Crippen LogP contribution in [0.4, 0.5) is 5.69 Å². The Morgan fingerprint density at radius 3 is 2.64 bits per heavy atom. The zero-order chi connectivity index (χ0) is 23.4. The Balaban J connectivity index is 1.32. The van der Waals surface area contributed by atoms with E-state index in [1.165, 1.54) is 13.2 Å². The molecular weight excluding hydrogens is 467 g/mol. The van der Waals surface area contributed by atoms with Gasteiger partial charge in [0.2, 0.25) is 17.6 Å². The van der Waals surface area contributed by atoms with E-state index in [9.17, 15) is 9.59 Å². The molecule has 0 unspecified atom stereocenters. The van der Waals surface area contributed by atoms with Crippen LogP contribution < -0.4 is 5.32 Å². The number of carbonyl (C=O) groups excluding carboxylic acids is 2. The first kappa shape index (κ1) is 23.2. The predicted molar refractivity (Wildman–Crippen MR) is 124 cm³/mol. The number of amides is 1. The molecule has 1 saturated heterocycles. The molecule has 0 bridgehead atoms. The Kier molecular flexibility index (Phi) is 7.27. The van der Waals surface area contributed by atoms with Crippen molar-refractivity contribution in [2.24, 2.45) is 5.92 Å². The van der Waals surface area contributed by atoms with Crippen molar-refractivity contribution in [1.82, 2.24) is 15.0 Å². The highest BCUT2D eigenvalue weighted by Gasteiger charge is 2.27. The van der Waals surface area contributed by atoms with Crippen molar-refractivity contribution in [2.75, 3.05) is 25.5 Å². The number of hydrogen-bond donors (Lipinski definition) is 1. The lowest BCUT2D eigenvalue weighted by atomic mass is 9.95. The van der Waals surface area contributed by atoms with Gasteiger partial charge >= 0.3 is 5.97 Å². The molecule has 0 atom stereocenters. The Bertz CT molecular complexity index is 1160. The largest absolute Gasteiger partial charge is 0.465 e. The van der Waals surface area contributed by atoms with Gasteiger partial charge in [-0.15, -0.1) is 0 Å². The van der Waals surface area contributed by atoms with Crippen molar-refractivity contribution in [3.05, 3.63) is 64.0 Å². The molecule has 1 aliphatic rings. The molecule has 0 aliphatic carbocycles. The number of ether oxygens (including phenoxy) is 1. The van der Waals surface area contributed by atoms with E-state index in [4.69, 9.17) is 32.5 Å². The number of piperidine rings is 1. The van der Waals surface area contributed by atoms with Crippen molar-refractivity contribution >= 4 is 40.8 Å². The van der Waals surface area contributed by atoms with E-state index >= 15 is 0 Å². The fourth-order valence-electron chi connectivity index (χ4n) is 3.72. The molecule has 1 aliphatic heterocycles. The maximum Gasteiger partial charge on any atom is 0.337 e. The fourth-order valence-corrected chi connectivity index (χ4v) is 4.10. The Hall–Kier alpha value is -2.94. The first-order valence-electron chi connectivity index (χ1n) is 10.4. The lowest BCUT2D eigenvalue weighted by molar-refractivity contribution is -0.121. The van der Waals surface area contributed by atoms with E-state index in [2.05, 4.69) is 20.4 Å². The highest BCUT2D eigenvalue weighted by atomic mass is 35.5. The molecule has 1 amide bonds. The molecule has 3 aromatic rings. The second kappa shape index (κ2) is 10.3. The standard InChI is InChI=1S/C23H22Cl2N4O4/c1-32-23(31)15-6-7-18(25)19(12-15)26-22(30)14-8-10-29(11-9-14)13-20-27-21(28-33-20)16-4-2-3-5-17(16)24/h2-7,12,14H,8-11,13H2,1H3,(H,26,30). The molecule has 0 saturated carbocycles. The molecule has 1 N–H and O–H groups in total. The summed E-state index contributed by atoms with van der Waals surface area (Å²) in [6.45, 7) is 1.91. The summed E-state index contributed by atoms with van der Waals surface area (Å²) in [4.78, 5) is 31.1. The number of nitrogens with one attached hydrogen (secondary N) is 1. The summed E-state index contributed by atoms with van der Waals surface area (Å²) in [5.41, 5.74) is 1.44. The van der Waals surface area contributed by atoms with Gasteiger partial charge in [-0.1, -0.05) is 40.5 Å². The van der Waals surface area contributed by atoms with Crippen molar-refractivity contribution in [2.45, 2.75) is 19.4 Å². The molecule has 33 heavy (non-hydrogen) atoms. The van der Waals surface area contributed by atoms with Crippen LogP contribution in [0.3, 0.4) is 0 Å². The highest BCUT2D eigenvalue weighted by molar-refractivity contribution is 6.34. The van der Waals surface area contributed by atoms with Crippen LogP contribution in [-0.4, -0.2) is 47.1 Å². The minimum Gasteiger partial charge on any atom is -0.465 e. The van der Waals surface area contributed by atoms with Gasteiger partial charge in [0.25, 0.3) is 0 Å². The van der Waals surface area contributed by atoms with Crippen molar-refractivity contribution in [3.63, 3.8) is 0 Å². The van der Waals surface area contributed by atoms with Gasteiger partial charge in [0.05, 0.1) is 35.0 Å². The second-order valence-electron chi connectivity index (χ2n) is 7.72. The molecule has 0 spiro atoms. The van der Waals surface area contributed by atoms with Crippen LogP contribution in [0, 0.1) is 5.92 Å². The minimum atomic E-state index is -0.491.